The molecule has 0 aromatic heterocycles. The van der Waals surface area contributed by atoms with Crippen molar-refractivity contribution in [2.24, 2.45) is 0 Å². The van der Waals surface area contributed by atoms with Gasteiger partial charge in [0, 0.05) is 12.1 Å². The summed E-state index contributed by atoms with van der Waals surface area (Å²) in [6.07, 6.45) is -2.80. The van der Waals surface area contributed by atoms with E-state index >= 15 is 0 Å². The number of amides is 1. The van der Waals surface area contributed by atoms with Crippen LogP contribution in [0.5, 0.6) is 0 Å². The summed E-state index contributed by atoms with van der Waals surface area (Å²) in [5.41, 5.74) is 0.388. The first-order valence-corrected chi connectivity index (χ1v) is 3.43. The van der Waals surface area contributed by atoms with Gasteiger partial charge in [0.25, 0.3) is 0 Å². The molecule has 1 rings (SSSR count). The number of carbonyl (C=O) groups is 1. The Kier molecular flexibility index (Phi) is 2.12. The van der Waals surface area contributed by atoms with Crippen molar-refractivity contribution in [1.82, 2.24) is 4.90 Å². The van der Waals surface area contributed by atoms with Gasteiger partial charge in [-0.3, -0.25) is 4.79 Å². The minimum atomic E-state index is -4.30. The number of nitrogens with zero attached hydrogens (tertiary/aromatic N) is 1. The van der Waals surface area contributed by atoms with Gasteiger partial charge in [-0.2, -0.15) is 13.2 Å². The fourth-order valence-electron chi connectivity index (χ4n) is 1.02. The molecule has 0 spiro atoms. The van der Waals surface area contributed by atoms with E-state index in [4.69, 9.17) is 0 Å². The Balaban J connectivity index is 2.54. The lowest BCUT2D eigenvalue weighted by molar-refractivity contribution is -0.156. The van der Waals surface area contributed by atoms with Crippen LogP contribution in [-0.4, -0.2) is 30.1 Å². The highest BCUT2D eigenvalue weighted by Gasteiger charge is 2.34. The average Bonchev–Trinajstić information content (AvgIpc) is 2.16. The highest BCUT2D eigenvalue weighted by atomic mass is 19.4. The van der Waals surface area contributed by atoms with Gasteiger partial charge in [0.2, 0.25) is 5.91 Å². The van der Waals surface area contributed by atoms with E-state index in [1.54, 1.807) is 0 Å². The molecule has 0 radical (unpaired) electrons. The summed E-state index contributed by atoms with van der Waals surface area (Å²) in [4.78, 5) is 11.7. The van der Waals surface area contributed by atoms with Crippen molar-refractivity contribution in [2.75, 3.05) is 13.1 Å². The van der Waals surface area contributed by atoms with Gasteiger partial charge in [-0.25, -0.2) is 0 Å². The molecule has 1 amide bonds. The van der Waals surface area contributed by atoms with Crippen molar-refractivity contribution in [3.8, 4) is 0 Å². The SMILES string of the molecule is CC1=CCN(CC(F)(F)F)C1=O. The molecule has 0 aliphatic carbocycles. The van der Waals surface area contributed by atoms with Crippen LogP contribution in [0.15, 0.2) is 11.6 Å². The summed E-state index contributed by atoms with van der Waals surface area (Å²) in [7, 11) is 0. The number of alkyl halides is 3. The van der Waals surface area contributed by atoms with E-state index in [1.807, 2.05) is 0 Å². The van der Waals surface area contributed by atoms with E-state index in [2.05, 4.69) is 0 Å². The van der Waals surface area contributed by atoms with E-state index in [9.17, 15) is 18.0 Å². The monoisotopic (exact) mass is 179 g/mol. The number of carbonyl (C=O) groups excluding carboxylic acids is 1. The first-order chi connectivity index (χ1) is 5.40. The van der Waals surface area contributed by atoms with Crippen molar-refractivity contribution in [1.29, 1.82) is 0 Å². The van der Waals surface area contributed by atoms with Crippen molar-refractivity contribution in [3.63, 3.8) is 0 Å². The smallest absolute Gasteiger partial charge is 0.326 e. The summed E-state index contributed by atoms with van der Waals surface area (Å²) in [6.45, 7) is 0.433. The van der Waals surface area contributed by atoms with Crippen molar-refractivity contribution in [3.05, 3.63) is 11.6 Å². The van der Waals surface area contributed by atoms with Gasteiger partial charge >= 0.3 is 6.18 Å². The van der Waals surface area contributed by atoms with Crippen LogP contribution in [0.3, 0.4) is 0 Å². The molecule has 0 N–H and O–H groups in total. The van der Waals surface area contributed by atoms with Gasteiger partial charge in [0.05, 0.1) is 0 Å². The maximum absolute atomic E-state index is 11.8. The number of hydrogen-bond donors (Lipinski definition) is 0. The molecule has 0 fully saturated rings. The summed E-state index contributed by atoms with van der Waals surface area (Å²) in [5, 5.41) is 0. The van der Waals surface area contributed by atoms with Gasteiger partial charge in [0.15, 0.2) is 0 Å². The standard InChI is InChI=1S/C7H8F3NO/c1-5-2-3-11(6(5)12)4-7(8,9)10/h2H,3-4H2,1H3. The van der Waals surface area contributed by atoms with Gasteiger partial charge in [-0.1, -0.05) is 6.08 Å². The van der Waals surface area contributed by atoms with E-state index in [1.165, 1.54) is 13.0 Å². The third-order valence-corrected chi connectivity index (χ3v) is 1.61. The van der Waals surface area contributed by atoms with Crippen LogP contribution in [0.2, 0.25) is 0 Å². The zero-order valence-electron chi connectivity index (χ0n) is 6.48. The topological polar surface area (TPSA) is 20.3 Å². The molecule has 1 aliphatic rings. The Bertz CT molecular complexity index is 231. The maximum atomic E-state index is 11.8. The highest BCUT2D eigenvalue weighted by Crippen LogP contribution is 2.20. The molecule has 12 heavy (non-hydrogen) atoms. The Morgan fingerprint density at radius 1 is 1.58 bits per heavy atom. The largest absolute Gasteiger partial charge is 0.406 e. The first kappa shape index (κ1) is 9.09. The lowest BCUT2D eigenvalue weighted by atomic mass is 10.3. The third kappa shape index (κ3) is 1.99. The lowest BCUT2D eigenvalue weighted by Crippen LogP contribution is -2.36. The zero-order valence-corrected chi connectivity index (χ0v) is 6.48. The van der Waals surface area contributed by atoms with E-state index in [0.29, 0.717) is 5.57 Å². The van der Waals surface area contributed by atoms with Crippen LogP contribution in [0.4, 0.5) is 13.2 Å². The van der Waals surface area contributed by atoms with Crippen LogP contribution < -0.4 is 0 Å². The molecule has 5 heteroatoms. The van der Waals surface area contributed by atoms with E-state index in [0.717, 1.165) is 4.90 Å². The molecule has 0 saturated carbocycles. The highest BCUT2D eigenvalue weighted by molar-refractivity contribution is 5.95. The van der Waals surface area contributed by atoms with Crippen molar-refractivity contribution >= 4 is 5.91 Å². The van der Waals surface area contributed by atoms with E-state index < -0.39 is 18.6 Å². The summed E-state index contributed by atoms with van der Waals surface area (Å²) >= 11 is 0. The molecule has 0 bridgehead atoms. The molecule has 2 nitrogen and oxygen atoms in total. The second-order valence-electron chi connectivity index (χ2n) is 2.69. The zero-order chi connectivity index (χ0) is 9.35. The molecular formula is C7H8F3NO. The van der Waals surface area contributed by atoms with Crippen LogP contribution in [-0.2, 0) is 4.79 Å². The van der Waals surface area contributed by atoms with Gasteiger partial charge in [-0.15, -0.1) is 0 Å². The van der Waals surface area contributed by atoms with Crippen LogP contribution in [0.1, 0.15) is 6.92 Å². The van der Waals surface area contributed by atoms with Gasteiger partial charge in [-0.05, 0) is 6.92 Å². The fourth-order valence-corrected chi connectivity index (χ4v) is 1.02. The van der Waals surface area contributed by atoms with Gasteiger partial charge in [0.1, 0.15) is 6.54 Å². The van der Waals surface area contributed by atoms with Crippen LogP contribution in [0.25, 0.3) is 0 Å². The molecule has 0 saturated heterocycles. The van der Waals surface area contributed by atoms with Crippen LogP contribution in [0, 0.1) is 0 Å². The number of hydrogen-bond acceptors (Lipinski definition) is 1. The fraction of sp³-hybridized carbons (Fsp3) is 0.571. The molecule has 1 heterocycles. The van der Waals surface area contributed by atoms with Crippen LogP contribution >= 0.6 is 0 Å². The van der Waals surface area contributed by atoms with Crippen molar-refractivity contribution in [2.45, 2.75) is 13.1 Å². The normalized spacial score (nSPS) is 18.5. The second kappa shape index (κ2) is 2.80. The second-order valence-corrected chi connectivity index (χ2v) is 2.69. The summed E-state index contributed by atoms with van der Waals surface area (Å²) in [5.74, 6) is -0.521. The van der Waals surface area contributed by atoms with Gasteiger partial charge < -0.3 is 4.90 Å². The molecule has 68 valence electrons. The predicted molar refractivity (Wildman–Crippen MR) is 36.4 cm³/mol. The minimum Gasteiger partial charge on any atom is -0.326 e. The molecule has 1 aliphatic heterocycles. The first-order valence-electron chi connectivity index (χ1n) is 3.43. The Labute approximate surface area is 67.7 Å². The summed E-state index contributed by atoms with van der Waals surface area (Å²) in [6, 6.07) is 0. The molecular weight excluding hydrogens is 171 g/mol. The number of rotatable bonds is 1. The Hall–Kier alpha value is -1.00. The Morgan fingerprint density at radius 2 is 2.17 bits per heavy atom. The maximum Gasteiger partial charge on any atom is 0.406 e. The average molecular weight is 179 g/mol. The molecule has 0 atom stereocenters. The molecule has 0 aromatic carbocycles. The Morgan fingerprint density at radius 3 is 2.50 bits per heavy atom. The predicted octanol–water partition coefficient (Wildman–Crippen LogP) is 1.34. The molecule has 0 unspecified atom stereocenters. The molecule has 0 aromatic rings. The summed E-state index contributed by atoms with van der Waals surface area (Å²) < 4.78 is 35.4. The van der Waals surface area contributed by atoms with Crippen molar-refractivity contribution < 1.29 is 18.0 Å². The minimum absolute atomic E-state index is 0.0736. The lowest BCUT2D eigenvalue weighted by Gasteiger charge is -2.17. The number of halogens is 3. The third-order valence-electron chi connectivity index (χ3n) is 1.61. The van der Waals surface area contributed by atoms with E-state index in [-0.39, 0.29) is 6.54 Å². The quantitative estimate of drug-likeness (QED) is 0.594.